The lowest BCUT2D eigenvalue weighted by Gasteiger charge is -2.42. The second-order valence-electron chi connectivity index (χ2n) is 9.04. The van der Waals surface area contributed by atoms with Crippen molar-refractivity contribution in [3.63, 3.8) is 0 Å². The molecule has 2 atom stereocenters. The Bertz CT molecular complexity index is 1290. The molecular formula is C26H27F3N2O3S3. The molecule has 1 aliphatic carbocycles. The molecule has 0 spiro atoms. The fourth-order valence-corrected chi connectivity index (χ4v) is 7.36. The molecule has 0 unspecified atom stereocenters. The van der Waals surface area contributed by atoms with Gasteiger partial charge in [0.2, 0.25) is 10.0 Å². The van der Waals surface area contributed by atoms with E-state index < -0.39 is 21.8 Å². The smallest absolute Gasteiger partial charge is 0.376 e. The van der Waals surface area contributed by atoms with E-state index in [4.69, 9.17) is 12.2 Å². The third kappa shape index (κ3) is 5.96. The Labute approximate surface area is 224 Å². The van der Waals surface area contributed by atoms with Gasteiger partial charge < -0.3 is 10.0 Å². The van der Waals surface area contributed by atoms with E-state index in [9.17, 15) is 26.7 Å². The Kier molecular flexibility index (Phi) is 8.20. The molecule has 0 bridgehead atoms. The predicted octanol–water partition coefficient (Wildman–Crippen LogP) is 5.28. The molecule has 1 N–H and O–H groups in total. The summed E-state index contributed by atoms with van der Waals surface area (Å²) in [6.07, 6.45) is 0.638. The molecule has 11 heteroatoms. The molecule has 2 aromatic rings. The van der Waals surface area contributed by atoms with E-state index in [2.05, 4.69) is 0 Å². The molecule has 0 amide bonds. The van der Waals surface area contributed by atoms with Crippen LogP contribution in [0.3, 0.4) is 0 Å². The molecule has 4 rings (SSSR count). The van der Waals surface area contributed by atoms with Crippen molar-refractivity contribution in [2.75, 3.05) is 30.3 Å². The van der Waals surface area contributed by atoms with Crippen LogP contribution in [0.5, 0.6) is 0 Å². The quantitative estimate of drug-likeness (QED) is 0.362. The minimum atomic E-state index is -4.81. The summed E-state index contributed by atoms with van der Waals surface area (Å²) in [5.41, 5.74) is -2.57. The zero-order chi connectivity index (χ0) is 26.8. The van der Waals surface area contributed by atoms with Crippen molar-refractivity contribution in [3.05, 3.63) is 83.3 Å². The Hall–Kier alpha value is -2.18. The van der Waals surface area contributed by atoms with E-state index in [1.54, 1.807) is 30.0 Å². The number of hydrogen-bond acceptors (Lipinski definition) is 6. The number of thiocarbonyl (C=S) groups is 1. The highest BCUT2D eigenvalue weighted by Crippen LogP contribution is 2.39. The van der Waals surface area contributed by atoms with Gasteiger partial charge in [0, 0.05) is 47.3 Å². The Morgan fingerprint density at radius 3 is 2.38 bits per heavy atom. The first-order valence-electron chi connectivity index (χ1n) is 11.7. The maximum absolute atomic E-state index is 13.4. The van der Waals surface area contributed by atoms with Gasteiger partial charge >= 0.3 is 6.18 Å². The first-order chi connectivity index (χ1) is 17.4. The third-order valence-electron chi connectivity index (χ3n) is 6.52. The summed E-state index contributed by atoms with van der Waals surface area (Å²) in [5.74, 6) is 0.557. The van der Waals surface area contributed by atoms with Crippen LogP contribution in [0, 0.1) is 0 Å². The largest absolute Gasteiger partial charge is 0.421 e. The molecule has 0 aromatic heterocycles. The van der Waals surface area contributed by atoms with Crippen LogP contribution in [0.2, 0.25) is 0 Å². The van der Waals surface area contributed by atoms with Gasteiger partial charge in [-0.2, -0.15) is 17.5 Å². The average molecular weight is 569 g/mol. The van der Waals surface area contributed by atoms with Gasteiger partial charge in [0.1, 0.15) is 0 Å². The lowest BCUT2D eigenvalue weighted by Crippen LogP contribution is -2.56. The molecule has 2 aromatic carbocycles. The van der Waals surface area contributed by atoms with E-state index in [0.717, 1.165) is 11.8 Å². The fraction of sp³-hybridized carbons (Fsp3) is 0.346. The Morgan fingerprint density at radius 2 is 1.76 bits per heavy atom. The monoisotopic (exact) mass is 568 g/mol. The zero-order valence-corrected chi connectivity index (χ0v) is 22.5. The maximum Gasteiger partial charge on any atom is 0.421 e. The summed E-state index contributed by atoms with van der Waals surface area (Å²) < 4.78 is 68.2. The van der Waals surface area contributed by atoms with Gasteiger partial charge in [-0.1, -0.05) is 54.7 Å². The first-order valence-corrected chi connectivity index (χ1v) is 14.5. The number of anilines is 1. The van der Waals surface area contributed by atoms with Crippen molar-refractivity contribution in [3.8, 4) is 0 Å². The molecular weight excluding hydrogens is 541 g/mol. The number of sulfonamides is 1. The fourth-order valence-electron chi connectivity index (χ4n) is 4.27. The van der Waals surface area contributed by atoms with Crippen LogP contribution < -0.4 is 4.90 Å². The molecule has 1 aliphatic heterocycles. The van der Waals surface area contributed by atoms with Crippen molar-refractivity contribution in [1.29, 1.82) is 0 Å². The number of thioether (sulfide) groups is 1. The summed E-state index contributed by atoms with van der Waals surface area (Å²) in [6, 6.07) is 15.1. The summed E-state index contributed by atoms with van der Waals surface area (Å²) in [7, 11) is -3.79. The molecule has 0 radical (unpaired) electrons. The highest BCUT2D eigenvalue weighted by atomic mass is 32.2. The standard InChI is InChI=1S/C26H27F3N2O3S3/c1-25(32,26(27,28)29)19-11-13-20(14-12-19)31-16-15-30(37(33,34)24-10-6-5-9-23(24)35)17-21(31)18-36-22-7-3-2-4-8-22/h2-8,10-14,21,32H,9,15-18H2,1H3/t21-,25+/m1/s1. The third-order valence-corrected chi connectivity index (χ3v) is 10.1. The van der Waals surface area contributed by atoms with Crippen molar-refractivity contribution in [2.24, 2.45) is 0 Å². The summed E-state index contributed by atoms with van der Waals surface area (Å²) in [5, 5.41) is 10.0. The van der Waals surface area contributed by atoms with Crippen LogP contribution in [0.25, 0.3) is 0 Å². The zero-order valence-electron chi connectivity index (χ0n) is 20.1. The van der Waals surface area contributed by atoms with Crippen molar-refractivity contribution >= 4 is 44.6 Å². The van der Waals surface area contributed by atoms with Gasteiger partial charge in [-0.15, -0.1) is 11.8 Å². The van der Waals surface area contributed by atoms with Crippen LogP contribution in [-0.4, -0.2) is 60.3 Å². The predicted molar refractivity (Wildman–Crippen MR) is 145 cm³/mol. The van der Waals surface area contributed by atoms with E-state index in [1.807, 2.05) is 41.3 Å². The summed E-state index contributed by atoms with van der Waals surface area (Å²) in [4.78, 5) is 3.57. The number of allylic oxidation sites excluding steroid dienone is 4. The van der Waals surface area contributed by atoms with Crippen LogP contribution in [0.1, 0.15) is 18.9 Å². The number of hydrogen-bond donors (Lipinski definition) is 1. The lowest BCUT2D eigenvalue weighted by atomic mass is 9.95. The van der Waals surface area contributed by atoms with E-state index in [1.165, 1.54) is 22.5 Å². The highest BCUT2D eigenvalue weighted by Gasteiger charge is 2.51. The Morgan fingerprint density at radius 1 is 1.08 bits per heavy atom. The number of halogens is 3. The molecule has 37 heavy (non-hydrogen) atoms. The number of alkyl halides is 3. The molecule has 0 saturated carbocycles. The van der Waals surface area contributed by atoms with Crippen LogP contribution in [-0.2, 0) is 15.6 Å². The van der Waals surface area contributed by atoms with Crippen molar-refractivity contribution in [2.45, 2.75) is 36.1 Å². The van der Waals surface area contributed by atoms with Crippen LogP contribution in [0.15, 0.2) is 82.6 Å². The van der Waals surface area contributed by atoms with Gasteiger partial charge in [-0.3, -0.25) is 0 Å². The number of benzene rings is 2. The van der Waals surface area contributed by atoms with Gasteiger partial charge in [0.25, 0.3) is 0 Å². The van der Waals surface area contributed by atoms with E-state index in [-0.39, 0.29) is 29.6 Å². The molecule has 1 fully saturated rings. The molecule has 198 valence electrons. The minimum absolute atomic E-state index is 0.145. The normalized spacial score (nSPS) is 21.0. The first kappa shape index (κ1) is 27.8. The number of aliphatic hydroxyl groups is 1. The second kappa shape index (κ2) is 10.9. The van der Waals surface area contributed by atoms with Gasteiger partial charge in [-0.25, -0.2) is 8.42 Å². The van der Waals surface area contributed by atoms with Crippen molar-refractivity contribution in [1.82, 2.24) is 4.31 Å². The SMILES string of the molecule is C[C@](O)(c1ccc(N2CCN(S(=O)(=O)C3=CC=CCC3=S)C[C@@H]2CSc2ccccc2)cc1)C(F)(F)F. The molecule has 1 heterocycles. The average Bonchev–Trinajstić information content (AvgIpc) is 2.87. The summed E-state index contributed by atoms with van der Waals surface area (Å²) >= 11 is 6.90. The summed E-state index contributed by atoms with van der Waals surface area (Å²) in [6.45, 7) is 1.49. The van der Waals surface area contributed by atoms with E-state index >= 15 is 0 Å². The van der Waals surface area contributed by atoms with Gasteiger partial charge in [0.15, 0.2) is 5.60 Å². The lowest BCUT2D eigenvalue weighted by molar-refractivity contribution is -0.258. The second-order valence-corrected chi connectivity index (χ2v) is 12.5. The topological polar surface area (TPSA) is 60.9 Å². The van der Waals surface area contributed by atoms with Crippen LogP contribution >= 0.6 is 24.0 Å². The number of nitrogens with zero attached hydrogens (tertiary/aromatic N) is 2. The van der Waals surface area contributed by atoms with Gasteiger partial charge in [-0.05, 0) is 42.8 Å². The van der Waals surface area contributed by atoms with Crippen molar-refractivity contribution < 1.29 is 26.7 Å². The highest BCUT2D eigenvalue weighted by molar-refractivity contribution is 7.99. The van der Waals surface area contributed by atoms with E-state index in [0.29, 0.717) is 29.3 Å². The van der Waals surface area contributed by atoms with Crippen LogP contribution in [0.4, 0.5) is 18.9 Å². The number of piperazine rings is 1. The maximum atomic E-state index is 13.4. The Balaban J connectivity index is 1.60. The molecule has 1 saturated heterocycles. The van der Waals surface area contributed by atoms with Gasteiger partial charge in [0.05, 0.1) is 10.9 Å². The molecule has 5 nitrogen and oxygen atoms in total. The number of rotatable bonds is 7. The minimum Gasteiger partial charge on any atom is -0.376 e. The molecule has 2 aliphatic rings.